The first-order valence-electron chi connectivity index (χ1n) is 7.64. The number of methoxy groups -OCH3 is 1. The van der Waals surface area contributed by atoms with Crippen molar-refractivity contribution in [1.29, 1.82) is 0 Å². The van der Waals surface area contributed by atoms with Gasteiger partial charge in [-0.15, -0.1) is 0 Å². The van der Waals surface area contributed by atoms with Gasteiger partial charge < -0.3 is 14.8 Å². The van der Waals surface area contributed by atoms with Gasteiger partial charge in [0.15, 0.2) is 6.61 Å². The molecule has 4 nitrogen and oxygen atoms in total. The van der Waals surface area contributed by atoms with Crippen LogP contribution < -0.4 is 10.1 Å². The molecule has 124 valence electrons. The summed E-state index contributed by atoms with van der Waals surface area (Å²) < 4.78 is 10.9. The fourth-order valence-corrected chi connectivity index (χ4v) is 2.85. The van der Waals surface area contributed by atoms with E-state index in [0.717, 1.165) is 5.56 Å². The van der Waals surface area contributed by atoms with Gasteiger partial charge in [-0.2, -0.15) is 11.3 Å². The molecule has 0 aliphatic heterocycles. The average Bonchev–Trinajstić information content (AvgIpc) is 3.08. The highest BCUT2D eigenvalue weighted by Crippen LogP contribution is 2.19. The molecule has 1 amide bonds. The zero-order chi connectivity index (χ0) is 16.7. The first kappa shape index (κ1) is 17.5. The van der Waals surface area contributed by atoms with E-state index in [1.54, 1.807) is 18.4 Å². The van der Waals surface area contributed by atoms with Gasteiger partial charge in [0, 0.05) is 13.7 Å². The topological polar surface area (TPSA) is 47.6 Å². The van der Waals surface area contributed by atoms with Crippen LogP contribution >= 0.6 is 11.3 Å². The quantitative estimate of drug-likeness (QED) is 0.800. The van der Waals surface area contributed by atoms with E-state index in [9.17, 15) is 4.79 Å². The van der Waals surface area contributed by atoms with E-state index in [-0.39, 0.29) is 18.6 Å². The van der Waals surface area contributed by atoms with Gasteiger partial charge in [-0.3, -0.25) is 4.79 Å². The molecule has 2 aromatic rings. The molecule has 2 rings (SSSR count). The number of nitrogens with one attached hydrogen (secondary N) is 1. The second-order valence-electron chi connectivity index (χ2n) is 5.60. The van der Waals surface area contributed by atoms with E-state index in [1.165, 1.54) is 5.56 Å². The van der Waals surface area contributed by atoms with Crippen molar-refractivity contribution in [2.75, 3.05) is 20.3 Å². The number of hydrogen-bond acceptors (Lipinski definition) is 4. The third-order valence-electron chi connectivity index (χ3n) is 3.60. The number of hydrogen-bond donors (Lipinski definition) is 1. The zero-order valence-electron chi connectivity index (χ0n) is 13.7. The number of rotatable bonds is 8. The van der Waals surface area contributed by atoms with Gasteiger partial charge in [0.05, 0.1) is 0 Å². The predicted octanol–water partition coefficient (Wildman–Crippen LogP) is 3.75. The Hall–Kier alpha value is -1.85. The fraction of sp³-hybridized carbons (Fsp3) is 0.389. The predicted molar refractivity (Wildman–Crippen MR) is 93.1 cm³/mol. The third-order valence-corrected chi connectivity index (χ3v) is 4.30. The van der Waals surface area contributed by atoms with Gasteiger partial charge in [-0.1, -0.05) is 26.0 Å². The molecule has 1 aromatic carbocycles. The SMILES string of the molecule is COC(CNC(=O)COc1ccc(C(C)C)cc1)c1ccsc1. The monoisotopic (exact) mass is 333 g/mol. The number of benzene rings is 1. The number of amides is 1. The number of ether oxygens (including phenoxy) is 2. The minimum atomic E-state index is -0.157. The Morgan fingerprint density at radius 1 is 1.17 bits per heavy atom. The Labute approximate surface area is 141 Å². The minimum absolute atomic E-state index is 0.00109. The Bertz CT molecular complexity index is 593. The summed E-state index contributed by atoms with van der Waals surface area (Å²) in [4.78, 5) is 11.9. The minimum Gasteiger partial charge on any atom is -0.484 e. The van der Waals surface area contributed by atoms with Gasteiger partial charge in [-0.25, -0.2) is 0 Å². The summed E-state index contributed by atoms with van der Waals surface area (Å²) in [5, 5.41) is 6.85. The lowest BCUT2D eigenvalue weighted by molar-refractivity contribution is -0.123. The maximum Gasteiger partial charge on any atom is 0.258 e. The average molecular weight is 333 g/mol. The maximum absolute atomic E-state index is 11.9. The summed E-state index contributed by atoms with van der Waals surface area (Å²) in [7, 11) is 1.64. The van der Waals surface area contributed by atoms with Crippen LogP contribution in [0.15, 0.2) is 41.1 Å². The molecule has 0 fully saturated rings. The largest absolute Gasteiger partial charge is 0.484 e. The lowest BCUT2D eigenvalue weighted by atomic mass is 10.0. The van der Waals surface area contributed by atoms with E-state index in [4.69, 9.17) is 9.47 Å². The molecule has 5 heteroatoms. The van der Waals surface area contributed by atoms with Crippen LogP contribution in [0.1, 0.15) is 37.0 Å². The van der Waals surface area contributed by atoms with Crippen molar-refractivity contribution in [3.05, 3.63) is 52.2 Å². The second kappa shape index (κ2) is 8.70. The molecule has 0 radical (unpaired) electrons. The Balaban J connectivity index is 1.76. The maximum atomic E-state index is 11.9. The summed E-state index contributed by atoms with van der Waals surface area (Å²) in [5.41, 5.74) is 2.32. The molecule has 1 unspecified atom stereocenters. The van der Waals surface area contributed by atoms with Crippen LogP contribution in [0.3, 0.4) is 0 Å². The third kappa shape index (κ3) is 5.37. The van der Waals surface area contributed by atoms with Gasteiger partial charge in [-0.05, 0) is 46.0 Å². The van der Waals surface area contributed by atoms with Crippen LogP contribution in [0.2, 0.25) is 0 Å². The van der Waals surface area contributed by atoms with Crippen molar-refractivity contribution in [3.8, 4) is 5.75 Å². The van der Waals surface area contributed by atoms with E-state index < -0.39 is 0 Å². The molecule has 0 aliphatic rings. The summed E-state index contributed by atoms with van der Waals surface area (Å²) in [6.45, 7) is 4.72. The van der Waals surface area contributed by atoms with Crippen molar-refractivity contribution < 1.29 is 14.3 Å². The number of carbonyl (C=O) groups is 1. The first-order chi connectivity index (χ1) is 11.1. The molecule has 0 spiro atoms. The fourth-order valence-electron chi connectivity index (χ4n) is 2.15. The van der Waals surface area contributed by atoms with Crippen molar-refractivity contribution in [2.45, 2.75) is 25.9 Å². The summed E-state index contributed by atoms with van der Waals surface area (Å²) >= 11 is 1.61. The lowest BCUT2D eigenvalue weighted by Crippen LogP contribution is -2.32. The van der Waals surface area contributed by atoms with E-state index in [1.807, 2.05) is 41.1 Å². The highest BCUT2D eigenvalue weighted by atomic mass is 32.1. The normalized spacial score (nSPS) is 12.2. The van der Waals surface area contributed by atoms with Crippen LogP contribution in [0.25, 0.3) is 0 Å². The molecule has 1 aromatic heterocycles. The van der Waals surface area contributed by atoms with Crippen molar-refractivity contribution in [3.63, 3.8) is 0 Å². The van der Waals surface area contributed by atoms with E-state index in [0.29, 0.717) is 18.2 Å². The summed E-state index contributed by atoms with van der Waals surface area (Å²) in [6, 6.07) is 9.83. The standard InChI is InChI=1S/C18H23NO3S/c1-13(2)14-4-6-16(7-5-14)22-11-18(20)19-10-17(21-3)15-8-9-23-12-15/h4-9,12-13,17H,10-11H2,1-3H3,(H,19,20). The van der Waals surface area contributed by atoms with Gasteiger partial charge in [0.2, 0.25) is 0 Å². The van der Waals surface area contributed by atoms with Crippen LogP contribution in [-0.2, 0) is 9.53 Å². The van der Waals surface area contributed by atoms with E-state index >= 15 is 0 Å². The zero-order valence-corrected chi connectivity index (χ0v) is 14.6. The van der Waals surface area contributed by atoms with Crippen molar-refractivity contribution in [1.82, 2.24) is 5.32 Å². The molecule has 0 aliphatic carbocycles. The molecule has 1 atom stereocenters. The van der Waals surface area contributed by atoms with Gasteiger partial charge in [0.1, 0.15) is 11.9 Å². The molecule has 1 heterocycles. The van der Waals surface area contributed by atoms with Crippen LogP contribution in [0, 0.1) is 0 Å². The van der Waals surface area contributed by atoms with Crippen molar-refractivity contribution >= 4 is 17.2 Å². The first-order valence-corrected chi connectivity index (χ1v) is 8.58. The summed E-state index contributed by atoms with van der Waals surface area (Å²) in [6.07, 6.45) is -0.129. The smallest absolute Gasteiger partial charge is 0.258 e. The van der Waals surface area contributed by atoms with Crippen LogP contribution in [0.5, 0.6) is 5.75 Å². The Morgan fingerprint density at radius 3 is 2.48 bits per heavy atom. The van der Waals surface area contributed by atoms with Crippen molar-refractivity contribution in [2.24, 2.45) is 0 Å². The van der Waals surface area contributed by atoms with E-state index in [2.05, 4.69) is 19.2 Å². The number of thiophene rings is 1. The van der Waals surface area contributed by atoms with Crippen LogP contribution in [-0.4, -0.2) is 26.2 Å². The second-order valence-corrected chi connectivity index (χ2v) is 6.38. The molecule has 0 bridgehead atoms. The molecule has 1 N–H and O–H groups in total. The highest BCUT2D eigenvalue weighted by Gasteiger charge is 2.12. The molecular weight excluding hydrogens is 310 g/mol. The molecule has 0 saturated heterocycles. The molecule has 0 saturated carbocycles. The number of carbonyl (C=O) groups excluding carboxylic acids is 1. The van der Waals surface area contributed by atoms with Gasteiger partial charge in [0.25, 0.3) is 5.91 Å². The highest BCUT2D eigenvalue weighted by molar-refractivity contribution is 7.07. The van der Waals surface area contributed by atoms with Crippen LogP contribution in [0.4, 0.5) is 0 Å². The molecular formula is C18H23NO3S. The van der Waals surface area contributed by atoms with Gasteiger partial charge >= 0.3 is 0 Å². The molecule has 23 heavy (non-hydrogen) atoms. The summed E-state index contributed by atoms with van der Waals surface area (Å²) in [5.74, 6) is 1.02. The lowest BCUT2D eigenvalue weighted by Gasteiger charge is -2.15. The Morgan fingerprint density at radius 2 is 1.91 bits per heavy atom. The Kier molecular flexibility index (Phi) is 6.62.